The third kappa shape index (κ3) is 15.0. The topological polar surface area (TPSA) is 77.8 Å². The Balaban J connectivity index is 3.70. The molecule has 0 aliphatic rings. The molecule has 0 rings (SSSR count). The van der Waals surface area contributed by atoms with Gasteiger partial charge in [0.15, 0.2) is 0 Å². The minimum Gasteiger partial charge on any atom is -0.481 e. The zero-order valence-corrected chi connectivity index (χ0v) is 14.4. The highest BCUT2D eigenvalue weighted by molar-refractivity contribution is 5.66. The number of carboxylic acids is 1. The maximum Gasteiger partial charge on any atom is 0.303 e. The summed E-state index contributed by atoms with van der Waals surface area (Å²) in [5.41, 5.74) is 0. The van der Waals surface area contributed by atoms with E-state index in [1.807, 2.05) is 43.4 Å². The van der Waals surface area contributed by atoms with Gasteiger partial charge in [-0.25, -0.2) is 0 Å². The third-order valence-corrected chi connectivity index (χ3v) is 3.23. The molecule has 1 unspecified atom stereocenters. The van der Waals surface area contributed by atoms with Gasteiger partial charge in [0, 0.05) is 6.42 Å². The van der Waals surface area contributed by atoms with E-state index in [-0.39, 0.29) is 6.42 Å². The molecule has 0 saturated carbocycles. The summed E-state index contributed by atoms with van der Waals surface area (Å²) in [6, 6.07) is 0. The SMILES string of the molecule is CC[C@H](O)C(O)/C=C/C=C/C=C\C/C=C\C/C=C\CCCC(=O)O. The number of aliphatic hydroxyl groups is 2. The lowest BCUT2D eigenvalue weighted by Crippen LogP contribution is -2.22. The normalized spacial score (nSPS) is 15.5. The van der Waals surface area contributed by atoms with E-state index in [4.69, 9.17) is 5.11 Å². The minimum atomic E-state index is -0.816. The predicted molar refractivity (Wildman–Crippen MR) is 98.7 cm³/mol. The zero-order chi connectivity index (χ0) is 18.0. The molecule has 0 radical (unpaired) electrons. The number of carboxylic acid groups (broad SMARTS) is 1. The molecule has 0 aromatic rings. The number of hydrogen-bond donors (Lipinski definition) is 3. The molecule has 0 aliphatic carbocycles. The van der Waals surface area contributed by atoms with Crippen molar-refractivity contribution in [2.24, 2.45) is 0 Å². The van der Waals surface area contributed by atoms with Gasteiger partial charge in [-0.2, -0.15) is 0 Å². The van der Waals surface area contributed by atoms with E-state index in [1.54, 1.807) is 12.2 Å². The van der Waals surface area contributed by atoms with Crippen molar-refractivity contribution in [3.8, 4) is 0 Å². The summed E-state index contributed by atoms with van der Waals surface area (Å²) < 4.78 is 0. The second-order valence-corrected chi connectivity index (χ2v) is 5.36. The summed E-state index contributed by atoms with van der Waals surface area (Å²) in [7, 11) is 0. The molecule has 0 amide bonds. The van der Waals surface area contributed by atoms with Crippen molar-refractivity contribution in [2.45, 2.75) is 57.7 Å². The van der Waals surface area contributed by atoms with E-state index in [1.165, 1.54) is 0 Å². The van der Waals surface area contributed by atoms with Crippen LogP contribution in [0.4, 0.5) is 0 Å². The molecule has 0 spiro atoms. The monoisotopic (exact) mass is 334 g/mol. The fraction of sp³-hybridized carbons (Fsp3) is 0.450. The van der Waals surface area contributed by atoms with Crippen LogP contribution in [0.15, 0.2) is 60.8 Å². The fourth-order valence-electron chi connectivity index (χ4n) is 1.77. The number of aliphatic carboxylic acids is 1. The van der Waals surface area contributed by atoms with Gasteiger partial charge in [0.1, 0.15) is 0 Å². The van der Waals surface area contributed by atoms with Gasteiger partial charge < -0.3 is 15.3 Å². The molecular formula is C20H30O4. The van der Waals surface area contributed by atoms with Crippen molar-refractivity contribution < 1.29 is 20.1 Å². The molecule has 134 valence electrons. The number of allylic oxidation sites excluding steroid dienone is 9. The summed E-state index contributed by atoms with van der Waals surface area (Å²) in [4.78, 5) is 10.3. The Labute approximate surface area is 145 Å². The molecule has 0 aromatic heterocycles. The molecule has 2 atom stereocenters. The van der Waals surface area contributed by atoms with Gasteiger partial charge in [0.2, 0.25) is 0 Å². The molecule has 0 aliphatic heterocycles. The lowest BCUT2D eigenvalue weighted by atomic mass is 10.1. The van der Waals surface area contributed by atoms with Crippen LogP contribution >= 0.6 is 0 Å². The van der Waals surface area contributed by atoms with Gasteiger partial charge in [-0.05, 0) is 32.1 Å². The van der Waals surface area contributed by atoms with Crippen LogP contribution in [-0.2, 0) is 4.79 Å². The van der Waals surface area contributed by atoms with Crippen LogP contribution in [-0.4, -0.2) is 33.5 Å². The zero-order valence-electron chi connectivity index (χ0n) is 14.4. The molecule has 0 fully saturated rings. The third-order valence-electron chi connectivity index (χ3n) is 3.23. The standard InChI is InChI=1S/C20H30O4/c1-2-18(21)19(22)16-14-12-10-8-6-4-3-5-7-9-11-13-15-17-20(23)24/h3,5-6,8-12,14,16,18-19,21-22H,2,4,7,13,15,17H2,1H3,(H,23,24)/b5-3-,8-6-,11-9-,12-10+,16-14+/t18-,19?/m0/s1. The van der Waals surface area contributed by atoms with Gasteiger partial charge in [-0.3, -0.25) is 4.79 Å². The van der Waals surface area contributed by atoms with Crippen LogP contribution in [0.25, 0.3) is 0 Å². The summed E-state index contributed by atoms with van der Waals surface area (Å²) in [5, 5.41) is 27.4. The van der Waals surface area contributed by atoms with Crippen LogP contribution in [0.2, 0.25) is 0 Å². The van der Waals surface area contributed by atoms with E-state index in [0.717, 1.165) is 19.3 Å². The lowest BCUT2D eigenvalue weighted by Gasteiger charge is -2.10. The number of hydrogen-bond acceptors (Lipinski definition) is 3. The van der Waals surface area contributed by atoms with Crippen molar-refractivity contribution in [3.63, 3.8) is 0 Å². The van der Waals surface area contributed by atoms with E-state index < -0.39 is 18.2 Å². The molecule has 24 heavy (non-hydrogen) atoms. The molecule has 3 N–H and O–H groups in total. The van der Waals surface area contributed by atoms with E-state index in [9.17, 15) is 15.0 Å². The van der Waals surface area contributed by atoms with Gasteiger partial charge in [0.25, 0.3) is 0 Å². The van der Waals surface area contributed by atoms with Crippen LogP contribution in [0.5, 0.6) is 0 Å². The fourth-order valence-corrected chi connectivity index (χ4v) is 1.77. The molecule has 0 heterocycles. The molecule has 4 nitrogen and oxygen atoms in total. The molecule has 0 bridgehead atoms. The quantitative estimate of drug-likeness (QED) is 0.271. The van der Waals surface area contributed by atoms with Gasteiger partial charge in [-0.1, -0.05) is 67.7 Å². The second kappa shape index (κ2) is 16.0. The van der Waals surface area contributed by atoms with Crippen LogP contribution < -0.4 is 0 Å². The number of rotatable bonds is 13. The summed E-state index contributed by atoms with van der Waals surface area (Å²) in [6.45, 7) is 1.82. The van der Waals surface area contributed by atoms with Gasteiger partial charge >= 0.3 is 5.97 Å². The highest BCUT2D eigenvalue weighted by Gasteiger charge is 2.08. The van der Waals surface area contributed by atoms with Crippen LogP contribution in [0.3, 0.4) is 0 Å². The minimum absolute atomic E-state index is 0.228. The Bertz CT molecular complexity index is 458. The van der Waals surface area contributed by atoms with Crippen molar-refractivity contribution in [2.75, 3.05) is 0 Å². The Hall–Kier alpha value is -1.91. The average molecular weight is 334 g/mol. The maximum atomic E-state index is 10.3. The second-order valence-electron chi connectivity index (χ2n) is 5.36. The van der Waals surface area contributed by atoms with Crippen molar-refractivity contribution in [1.82, 2.24) is 0 Å². The van der Waals surface area contributed by atoms with Crippen LogP contribution in [0, 0.1) is 0 Å². The first kappa shape index (κ1) is 22.1. The Kier molecular flexibility index (Phi) is 14.7. The molecule has 0 saturated heterocycles. The van der Waals surface area contributed by atoms with Crippen molar-refractivity contribution in [3.05, 3.63) is 60.8 Å². The Morgan fingerprint density at radius 3 is 2.21 bits per heavy atom. The lowest BCUT2D eigenvalue weighted by molar-refractivity contribution is -0.137. The summed E-state index contributed by atoms with van der Waals surface area (Å²) in [6.07, 6.45) is 21.6. The first-order chi connectivity index (χ1) is 11.6. The number of carbonyl (C=O) groups is 1. The van der Waals surface area contributed by atoms with E-state index >= 15 is 0 Å². The van der Waals surface area contributed by atoms with E-state index in [2.05, 4.69) is 12.2 Å². The van der Waals surface area contributed by atoms with Gasteiger partial charge in [-0.15, -0.1) is 0 Å². The summed E-state index contributed by atoms with van der Waals surface area (Å²) >= 11 is 0. The number of unbranched alkanes of at least 4 members (excludes halogenated alkanes) is 1. The molecule has 4 heteroatoms. The first-order valence-electron chi connectivity index (χ1n) is 8.45. The Morgan fingerprint density at radius 1 is 0.917 bits per heavy atom. The first-order valence-corrected chi connectivity index (χ1v) is 8.45. The number of aliphatic hydroxyl groups excluding tert-OH is 2. The van der Waals surface area contributed by atoms with Crippen molar-refractivity contribution in [1.29, 1.82) is 0 Å². The summed E-state index contributed by atoms with van der Waals surface area (Å²) in [5.74, 6) is -0.741. The maximum absolute atomic E-state index is 10.3. The highest BCUT2D eigenvalue weighted by Crippen LogP contribution is 2.00. The molecule has 0 aromatic carbocycles. The van der Waals surface area contributed by atoms with E-state index in [0.29, 0.717) is 12.8 Å². The predicted octanol–water partition coefficient (Wildman–Crippen LogP) is 3.93. The highest BCUT2D eigenvalue weighted by atomic mass is 16.4. The average Bonchev–Trinajstić information content (AvgIpc) is 2.57. The smallest absolute Gasteiger partial charge is 0.303 e. The van der Waals surface area contributed by atoms with Crippen molar-refractivity contribution >= 4 is 5.97 Å². The van der Waals surface area contributed by atoms with Gasteiger partial charge in [0.05, 0.1) is 12.2 Å². The van der Waals surface area contributed by atoms with Crippen LogP contribution in [0.1, 0.15) is 45.4 Å². The largest absolute Gasteiger partial charge is 0.481 e. The molecular weight excluding hydrogens is 304 g/mol. The Morgan fingerprint density at radius 2 is 1.54 bits per heavy atom.